The summed E-state index contributed by atoms with van der Waals surface area (Å²) in [7, 11) is 0. The molecule has 0 radical (unpaired) electrons. The van der Waals surface area contributed by atoms with E-state index in [4.69, 9.17) is 0 Å². The van der Waals surface area contributed by atoms with Gasteiger partial charge in [-0.15, -0.1) is 0 Å². The first-order valence-electron chi connectivity index (χ1n) is 4.08. The molecule has 1 aliphatic heterocycles. The summed E-state index contributed by atoms with van der Waals surface area (Å²) >= 11 is 0. The molecule has 0 aromatic heterocycles. The molecular formula is C9H7F4N. The van der Waals surface area contributed by atoms with Crippen molar-refractivity contribution in [3.63, 3.8) is 0 Å². The maximum absolute atomic E-state index is 13.1. The number of anilines is 1. The molecule has 1 aromatic carbocycles. The lowest BCUT2D eigenvalue weighted by molar-refractivity contribution is -0.136. The van der Waals surface area contributed by atoms with Crippen molar-refractivity contribution < 1.29 is 17.6 Å². The summed E-state index contributed by atoms with van der Waals surface area (Å²) in [6, 6.07) is 3.54. The van der Waals surface area contributed by atoms with Crippen LogP contribution in [0.15, 0.2) is 18.2 Å². The molecule has 0 amide bonds. The van der Waals surface area contributed by atoms with Crippen molar-refractivity contribution in [1.82, 2.24) is 0 Å². The molecule has 1 atom stereocenters. The average molecular weight is 205 g/mol. The van der Waals surface area contributed by atoms with Crippen molar-refractivity contribution in [3.8, 4) is 0 Å². The van der Waals surface area contributed by atoms with Crippen LogP contribution in [0.4, 0.5) is 23.2 Å². The summed E-state index contributed by atoms with van der Waals surface area (Å²) in [6.07, 6.45) is -5.77. The Balaban J connectivity index is 2.55. The number of hydrogen-bond donors (Lipinski definition) is 1. The lowest BCUT2D eigenvalue weighted by Gasteiger charge is -2.11. The highest BCUT2D eigenvalue weighted by Crippen LogP contribution is 2.42. The molecule has 0 bridgehead atoms. The van der Waals surface area contributed by atoms with Gasteiger partial charge in [0.25, 0.3) is 0 Å². The van der Waals surface area contributed by atoms with Crippen molar-refractivity contribution in [2.24, 2.45) is 0 Å². The molecule has 0 fully saturated rings. The van der Waals surface area contributed by atoms with Gasteiger partial charge in [0.2, 0.25) is 0 Å². The second-order valence-electron chi connectivity index (χ2n) is 3.12. The number of benzene rings is 1. The fourth-order valence-electron chi connectivity index (χ4n) is 1.57. The molecule has 1 unspecified atom stereocenters. The number of alkyl halides is 4. The van der Waals surface area contributed by atoms with Gasteiger partial charge in [0.1, 0.15) is 6.17 Å². The van der Waals surface area contributed by atoms with Gasteiger partial charge in [-0.1, -0.05) is 12.1 Å². The highest BCUT2D eigenvalue weighted by Gasteiger charge is 2.37. The predicted octanol–water partition coefficient (Wildman–Crippen LogP) is 3.14. The van der Waals surface area contributed by atoms with Crippen LogP contribution in [0.25, 0.3) is 0 Å². The molecule has 5 heteroatoms. The molecule has 1 nitrogen and oxygen atoms in total. The van der Waals surface area contributed by atoms with E-state index in [1.165, 1.54) is 12.1 Å². The topological polar surface area (TPSA) is 12.0 Å². The molecule has 14 heavy (non-hydrogen) atoms. The fourth-order valence-corrected chi connectivity index (χ4v) is 1.57. The number of halogens is 4. The molecular weight excluding hydrogens is 198 g/mol. The molecule has 1 aromatic rings. The van der Waals surface area contributed by atoms with Crippen LogP contribution in [-0.4, -0.2) is 6.54 Å². The van der Waals surface area contributed by atoms with E-state index < -0.39 is 17.9 Å². The van der Waals surface area contributed by atoms with Crippen LogP contribution in [0.5, 0.6) is 0 Å². The Kier molecular flexibility index (Phi) is 1.90. The largest absolute Gasteiger partial charge is 0.418 e. The number of fused-ring (bicyclic) bond motifs is 1. The minimum atomic E-state index is -4.43. The molecule has 0 aliphatic carbocycles. The summed E-state index contributed by atoms with van der Waals surface area (Å²) in [4.78, 5) is 0. The van der Waals surface area contributed by atoms with Gasteiger partial charge >= 0.3 is 6.18 Å². The van der Waals surface area contributed by atoms with Crippen LogP contribution in [0, 0.1) is 0 Å². The minimum absolute atomic E-state index is 0.0809. The monoisotopic (exact) mass is 205 g/mol. The van der Waals surface area contributed by atoms with E-state index in [-0.39, 0.29) is 17.8 Å². The second kappa shape index (κ2) is 2.87. The van der Waals surface area contributed by atoms with Gasteiger partial charge < -0.3 is 5.32 Å². The van der Waals surface area contributed by atoms with E-state index in [0.717, 1.165) is 6.07 Å². The Morgan fingerprint density at radius 1 is 1.29 bits per heavy atom. The zero-order valence-corrected chi connectivity index (χ0v) is 7.03. The van der Waals surface area contributed by atoms with Gasteiger partial charge in [0, 0.05) is 5.56 Å². The van der Waals surface area contributed by atoms with E-state index >= 15 is 0 Å². The third kappa shape index (κ3) is 1.32. The molecule has 0 saturated carbocycles. The third-order valence-corrected chi connectivity index (χ3v) is 2.20. The van der Waals surface area contributed by atoms with E-state index in [2.05, 4.69) is 5.32 Å². The van der Waals surface area contributed by atoms with Gasteiger partial charge in [0.05, 0.1) is 17.8 Å². The van der Waals surface area contributed by atoms with E-state index in [0.29, 0.717) is 0 Å². The smallest absolute Gasteiger partial charge is 0.381 e. The summed E-state index contributed by atoms with van der Waals surface area (Å²) in [5, 5.41) is 2.43. The number of hydrogen-bond acceptors (Lipinski definition) is 1. The molecule has 0 saturated heterocycles. The Bertz CT molecular complexity index is 358. The normalized spacial score (nSPS) is 20.4. The Hall–Kier alpha value is -1.26. The van der Waals surface area contributed by atoms with Gasteiger partial charge in [-0.3, -0.25) is 0 Å². The zero-order valence-electron chi connectivity index (χ0n) is 7.03. The third-order valence-electron chi connectivity index (χ3n) is 2.20. The lowest BCUT2D eigenvalue weighted by atomic mass is 10.1. The minimum Gasteiger partial charge on any atom is -0.381 e. The average Bonchev–Trinajstić information content (AvgIpc) is 2.46. The van der Waals surface area contributed by atoms with Gasteiger partial charge in [-0.2, -0.15) is 13.2 Å². The van der Waals surface area contributed by atoms with Crippen molar-refractivity contribution in [1.29, 1.82) is 0 Å². The quantitative estimate of drug-likeness (QED) is 0.641. The lowest BCUT2D eigenvalue weighted by Crippen LogP contribution is -2.08. The SMILES string of the molecule is FC1CNc2c1cccc2C(F)(F)F. The number of para-hydroxylation sites is 1. The Labute approximate surface area is 77.7 Å². The van der Waals surface area contributed by atoms with Crippen molar-refractivity contribution in [3.05, 3.63) is 29.3 Å². The summed E-state index contributed by atoms with van der Waals surface area (Å²) in [5.74, 6) is 0. The van der Waals surface area contributed by atoms with Crippen LogP contribution in [0.3, 0.4) is 0 Å². The first-order chi connectivity index (χ1) is 6.50. The van der Waals surface area contributed by atoms with E-state index in [1.54, 1.807) is 0 Å². The predicted molar refractivity (Wildman–Crippen MR) is 43.8 cm³/mol. The van der Waals surface area contributed by atoms with Crippen LogP contribution in [0.1, 0.15) is 17.3 Å². The maximum Gasteiger partial charge on any atom is 0.418 e. The molecule has 76 valence electrons. The zero-order chi connectivity index (χ0) is 10.3. The molecule has 2 rings (SSSR count). The van der Waals surface area contributed by atoms with Crippen molar-refractivity contribution in [2.75, 3.05) is 11.9 Å². The van der Waals surface area contributed by atoms with E-state index in [1.807, 2.05) is 0 Å². The molecule has 0 spiro atoms. The number of nitrogens with one attached hydrogen (secondary N) is 1. The fraction of sp³-hybridized carbons (Fsp3) is 0.333. The van der Waals surface area contributed by atoms with Crippen LogP contribution in [-0.2, 0) is 6.18 Å². The summed E-state index contributed by atoms with van der Waals surface area (Å²) < 4.78 is 50.3. The van der Waals surface area contributed by atoms with Crippen LogP contribution < -0.4 is 5.32 Å². The molecule has 1 heterocycles. The number of rotatable bonds is 0. The standard InChI is InChI=1S/C9H7F4N/c10-7-4-14-8-5(7)2-1-3-6(8)9(11,12)13/h1-3,7,14H,4H2. The van der Waals surface area contributed by atoms with Gasteiger partial charge in [0.15, 0.2) is 0 Å². The van der Waals surface area contributed by atoms with Crippen LogP contribution >= 0.6 is 0 Å². The Morgan fingerprint density at radius 3 is 2.64 bits per heavy atom. The first kappa shape index (κ1) is 9.30. The Morgan fingerprint density at radius 2 is 2.00 bits per heavy atom. The van der Waals surface area contributed by atoms with Crippen molar-refractivity contribution in [2.45, 2.75) is 12.3 Å². The van der Waals surface area contributed by atoms with Gasteiger partial charge in [-0.05, 0) is 6.07 Å². The summed E-state index contributed by atoms with van der Waals surface area (Å²) in [5.41, 5.74) is -0.817. The highest BCUT2D eigenvalue weighted by molar-refractivity contribution is 5.63. The maximum atomic E-state index is 13.1. The van der Waals surface area contributed by atoms with Crippen molar-refractivity contribution >= 4 is 5.69 Å². The molecule has 1 aliphatic rings. The summed E-state index contributed by atoms with van der Waals surface area (Å²) in [6.45, 7) is -0.0809. The van der Waals surface area contributed by atoms with Gasteiger partial charge in [-0.25, -0.2) is 4.39 Å². The van der Waals surface area contributed by atoms with E-state index in [9.17, 15) is 17.6 Å². The second-order valence-corrected chi connectivity index (χ2v) is 3.12. The molecule has 1 N–H and O–H groups in total. The first-order valence-corrected chi connectivity index (χ1v) is 4.08. The highest BCUT2D eigenvalue weighted by atomic mass is 19.4. The van der Waals surface area contributed by atoms with Crippen LogP contribution in [0.2, 0.25) is 0 Å².